The molecule has 0 spiro atoms. The van der Waals surface area contributed by atoms with Gasteiger partial charge in [0.2, 0.25) is 5.89 Å². The molecule has 0 aliphatic heterocycles. The van der Waals surface area contributed by atoms with E-state index in [1.165, 1.54) is 11.8 Å². The number of aryl methyl sites for hydroxylation is 3. The number of fused-ring (bicyclic) bond motifs is 1. The van der Waals surface area contributed by atoms with Crippen molar-refractivity contribution in [3.8, 4) is 0 Å². The van der Waals surface area contributed by atoms with Gasteiger partial charge in [0.15, 0.2) is 11.0 Å². The number of thiophene rings is 1. The van der Waals surface area contributed by atoms with Crippen LogP contribution in [0.3, 0.4) is 0 Å². The lowest BCUT2D eigenvalue weighted by Gasteiger charge is -2.11. The van der Waals surface area contributed by atoms with Gasteiger partial charge in [-0.15, -0.1) is 11.3 Å². The minimum absolute atomic E-state index is 0.0198. The van der Waals surface area contributed by atoms with Crippen LogP contribution in [0.25, 0.3) is 10.2 Å². The molecule has 0 unspecified atom stereocenters. The minimum Gasteiger partial charge on any atom is -0.383 e. The Kier molecular flexibility index (Phi) is 6.10. The molecule has 26 heavy (non-hydrogen) atoms. The monoisotopic (exact) mass is 394 g/mol. The molecule has 0 saturated carbocycles. The van der Waals surface area contributed by atoms with E-state index in [0.29, 0.717) is 41.2 Å². The number of aromatic nitrogens is 4. The molecule has 0 bridgehead atoms. The van der Waals surface area contributed by atoms with Crippen molar-refractivity contribution in [1.29, 1.82) is 0 Å². The largest absolute Gasteiger partial charge is 0.383 e. The zero-order chi connectivity index (χ0) is 18.7. The highest BCUT2D eigenvalue weighted by Gasteiger charge is 2.17. The van der Waals surface area contributed by atoms with Crippen molar-refractivity contribution in [3.05, 3.63) is 32.5 Å². The Morgan fingerprint density at radius 2 is 2.12 bits per heavy atom. The van der Waals surface area contributed by atoms with Gasteiger partial charge in [0, 0.05) is 18.4 Å². The lowest BCUT2D eigenvalue weighted by Crippen LogP contribution is -2.25. The van der Waals surface area contributed by atoms with E-state index in [2.05, 4.69) is 17.1 Å². The minimum atomic E-state index is -0.0198. The highest BCUT2D eigenvalue weighted by Crippen LogP contribution is 2.29. The summed E-state index contributed by atoms with van der Waals surface area (Å²) in [5, 5.41) is 5.32. The summed E-state index contributed by atoms with van der Waals surface area (Å²) >= 11 is 2.98. The van der Waals surface area contributed by atoms with Crippen molar-refractivity contribution in [2.24, 2.45) is 0 Å². The number of ether oxygens (including phenoxy) is 1. The molecule has 0 fully saturated rings. The van der Waals surface area contributed by atoms with E-state index < -0.39 is 0 Å². The predicted octanol–water partition coefficient (Wildman–Crippen LogP) is 3.35. The molecule has 0 amide bonds. The van der Waals surface area contributed by atoms with Crippen LogP contribution >= 0.6 is 23.1 Å². The summed E-state index contributed by atoms with van der Waals surface area (Å²) in [7, 11) is 1.62. The maximum atomic E-state index is 13.0. The molecular formula is C17H22N4O3S2. The van der Waals surface area contributed by atoms with Gasteiger partial charge >= 0.3 is 0 Å². The second-order valence-electron chi connectivity index (χ2n) is 5.95. The predicted molar refractivity (Wildman–Crippen MR) is 103 cm³/mol. The van der Waals surface area contributed by atoms with E-state index in [-0.39, 0.29) is 5.56 Å². The Bertz CT molecular complexity index is 961. The third-order valence-corrected chi connectivity index (χ3v) is 6.14. The van der Waals surface area contributed by atoms with Crippen LogP contribution in [0.1, 0.15) is 35.5 Å². The van der Waals surface area contributed by atoms with Gasteiger partial charge in [-0.25, -0.2) is 4.98 Å². The first-order chi connectivity index (χ1) is 12.5. The molecule has 9 heteroatoms. The topological polar surface area (TPSA) is 83.0 Å². The van der Waals surface area contributed by atoms with Crippen LogP contribution in [0.4, 0.5) is 0 Å². The van der Waals surface area contributed by atoms with Gasteiger partial charge in [-0.05, 0) is 25.8 Å². The van der Waals surface area contributed by atoms with Gasteiger partial charge in [0.1, 0.15) is 4.83 Å². The van der Waals surface area contributed by atoms with Crippen LogP contribution in [0.5, 0.6) is 0 Å². The van der Waals surface area contributed by atoms with E-state index in [1.54, 1.807) is 23.0 Å². The molecule has 0 radical (unpaired) electrons. The number of thioether (sulfide) groups is 1. The maximum Gasteiger partial charge on any atom is 0.263 e. The zero-order valence-corrected chi connectivity index (χ0v) is 17.0. The fraction of sp³-hybridized carbons (Fsp3) is 0.529. The molecule has 3 aromatic heterocycles. The molecule has 7 nitrogen and oxygen atoms in total. The summed E-state index contributed by atoms with van der Waals surface area (Å²) < 4.78 is 12.1. The fourth-order valence-electron chi connectivity index (χ4n) is 2.60. The third kappa shape index (κ3) is 3.84. The standard InChI is InChI=1S/C17H22N4O3S2/c1-5-6-12-18-13(24-20-12)9-25-17-19-15-14(10(2)11(3)26-15)16(22)21(17)7-8-23-4/h5-9H2,1-4H3. The molecule has 0 aliphatic carbocycles. The second-order valence-corrected chi connectivity index (χ2v) is 8.10. The summed E-state index contributed by atoms with van der Waals surface area (Å²) in [5.41, 5.74) is 0.986. The number of hydrogen-bond acceptors (Lipinski definition) is 8. The molecule has 3 aromatic rings. The van der Waals surface area contributed by atoms with E-state index in [9.17, 15) is 4.79 Å². The number of hydrogen-bond donors (Lipinski definition) is 0. The molecule has 0 saturated heterocycles. The van der Waals surface area contributed by atoms with Crippen LogP contribution in [0.15, 0.2) is 14.5 Å². The van der Waals surface area contributed by atoms with Gasteiger partial charge in [-0.3, -0.25) is 9.36 Å². The van der Waals surface area contributed by atoms with Gasteiger partial charge < -0.3 is 9.26 Å². The van der Waals surface area contributed by atoms with Crippen molar-refractivity contribution in [2.45, 2.75) is 51.1 Å². The smallest absolute Gasteiger partial charge is 0.263 e. The van der Waals surface area contributed by atoms with Crippen LogP contribution < -0.4 is 5.56 Å². The third-order valence-electron chi connectivity index (χ3n) is 4.08. The zero-order valence-electron chi connectivity index (χ0n) is 15.4. The Hall–Kier alpha value is -1.71. The summed E-state index contributed by atoms with van der Waals surface area (Å²) in [6, 6.07) is 0. The van der Waals surface area contributed by atoms with E-state index in [1.807, 2.05) is 13.8 Å². The Morgan fingerprint density at radius 3 is 2.85 bits per heavy atom. The molecule has 3 rings (SSSR count). The van der Waals surface area contributed by atoms with Crippen LogP contribution in [0.2, 0.25) is 0 Å². The first-order valence-electron chi connectivity index (χ1n) is 8.48. The lowest BCUT2D eigenvalue weighted by molar-refractivity contribution is 0.183. The molecule has 0 aliphatic rings. The first-order valence-corrected chi connectivity index (χ1v) is 10.3. The van der Waals surface area contributed by atoms with Crippen LogP contribution in [-0.2, 0) is 23.5 Å². The SMILES string of the molecule is CCCc1noc(CSc2nc3sc(C)c(C)c3c(=O)n2CCOC)n1. The van der Waals surface area contributed by atoms with E-state index >= 15 is 0 Å². The Balaban J connectivity index is 1.93. The molecule has 0 aromatic carbocycles. The van der Waals surface area contributed by atoms with Gasteiger partial charge in [-0.1, -0.05) is 23.8 Å². The van der Waals surface area contributed by atoms with Crippen LogP contribution in [0, 0.1) is 13.8 Å². The van der Waals surface area contributed by atoms with Gasteiger partial charge in [0.05, 0.1) is 24.3 Å². The van der Waals surface area contributed by atoms with Crippen molar-refractivity contribution in [2.75, 3.05) is 13.7 Å². The van der Waals surface area contributed by atoms with Crippen molar-refractivity contribution in [1.82, 2.24) is 19.7 Å². The van der Waals surface area contributed by atoms with Crippen molar-refractivity contribution >= 4 is 33.3 Å². The molecule has 0 N–H and O–H groups in total. The molecule has 3 heterocycles. The lowest BCUT2D eigenvalue weighted by atomic mass is 10.2. The number of rotatable bonds is 8. The quantitative estimate of drug-likeness (QED) is 0.428. The summed E-state index contributed by atoms with van der Waals surface area (Å²) in [6.45, 7) is 6.97. The highest BCUT2D eigenvalue weighted by atomic mass is 32.2. The Labute approximate surface area is 159 Å². The highest BCUT2D eigenvalue weighted by molar-refractivity contribution is 7.98. The van der Waals surface area contributed by atoms with Crippen molar-refractivity contribution < 1.29 is 9.26 Å². The average Bonchev–Trinajstić information content (AvgIpc) is 3.17. The number of nitrogens with zero attached hydrogens (tertiary/aromatic N) is 4. The van der Waals surface area contributed by atoms with Crippen molar-refractivity contribution in [3.63, 3.8) is 0 Å². The van der Waals surface area contributed by atoms with E-state index in [4.69, 9.17) is 14.2 Å². The normalized spacial score (nSPS) is 11.5. The Morgan fingerprint density at radius 1 is 1.31 bits per heavy atom. The average molecular weight is 395 g/mol. The molecule has 140 valence electrons. The first kappa shape index (κ1) is 19.1. The fourth-order valence-corrected chi connectivity index (χ4v) is 4.53. The van der Waals surface area contributed by atoms with Crippen LogP contribution in [-0.4, -0.2) is 33.4 Å². The summed E-state index contributed by atoms with van der Waals surface area (Å²) in [5.74, 6) is 1.74. The molecular weight excluding hydrogens is 372 g/mol. The van der Waals surface area contributed by atoms with Gasteiger partial charge in [-0.2, -0.15) is 4.98 Å². The summed E-state index contributed by atoms with van der Waals surface area (Å²) in [4.78, 5) is 24.0. The summed E-state index contributed by atoms with van der Waals surface area (Å²) in [6.07, 6.45) is 1.77. The number of methoxy groups -OCH3 is 1. The van der Waals surface area contributed by atoms with E-state index in [0.717, 1.165) is 28.1 Å². The molecule has 0 atom stereocenters. The maximum absolute atomic E-state index is 13.0. The second kappa shape index (κ2) is 8.32. The van der Waals surface area contributed by atoms with Gasteiger partial charge in [0.25, 0.3) is 5.56 Å².